The van der Waals surface area contributed by atoms with Gasteiger partial charge < -0.3 is 84.7 Å². The molecule has 1 aromatic heterocycles. The molecule has 2 amide bonds. The number of carbonyl (C=O) groups is 8. The van der Waals surface area contributed by atoms with Gasteiger partial charge in [-0.1, -0.05) is 125 Å². The molecule has 1 spiro atoms. The molecule has 622 valence electrons. The van der Waals surface area contributed by atoms with Crippen molar-refractivity contribution in [2.75, 3.05) is 65.5 Å². The molecule has 21 atom stereocenters. The number of Topliss-reactive ketones (excluding diaryl/α,β-unsaturated/α-hetero) is 1. The Balaban J connectivity index is 0.000000184. The summed E-state index contributed by atoms with van der Waals surface area (Å²) >= 11 is 0. The van der Waals surface area contributed by atoms with Crippen molar-refractivity contribution >= 4 is 64.0 Å². The maximum atomic E-state index is 15.5. The molecular formula is C90H106N6O21. The van der Waals surface area contributed by atoms with Crippen LogP contribution in [0.2, 0.25) is 0 Å². The number of carbonyl (C=O) groups excluding carboxylic acids is 8. The number of piperidine rings is 1. The lowest BCUT2D eigenvalue weighted by Gasteiger charge is -2.67. The van der Waals surface area contributed by atoms with Crippen LogP contribution in [0.15, 0.2) is 151 Å². The highest BCUT2D eigenvalue weighted by Gasteiger charge is 2.81. The number of likely N-dealkylation sites (N-methyl/N-ethyl adjacent to an activating group) is 1. The first-order chi connectivity index (χ1) is 55.6. The van der Waals surface area contributed by atoms with Gasteiger partial charge >= 0.3 is 29.8 Å². The van der Waals surface area contributed by atoms with E-state index in [1.54, 1.807) is 99.8 Å². The Kier molecular flexibility index (Phi) is 21.1. The van der Waals surface area contributed by atoms with Gasteiger partial charge in [0.05, 0.1) is 61.5 Å². The third-order valence-electron chi connectivity index (χ3n) is 28.7. The minimum Gasteiger partial charge on any atom is -0.496 e. The number of hydrogen-bond acceptors (Lipinski definition) is 24. The number of benzene rings is 5. The molecule has 4 aliphatic carbocycles. The molecule has 1 unspecified atom stereocenters. The number of esters is 5. The number of fused-ring (bicyclic) bond motifs is 11. The Hall–Kier alpha value is -9.68. The summed E-state index contributed by atoms with van der Waals surface area (Å²) in [5, 5.41) is 78.2. The fraction of sp³-hybridized carbons (Fsp3) is 0.511. The van der Waals surface area contributed by atoms with Gasteiger partial charge in [0.2, 0.25) is 0 Å². The van der Waals surface area contributed by atoms with E-state index in [1.807, 2.05) is 62.2 Å². The molecule has 27 nitrogen and oxygen atoms in total. The SMILES string of the molecule is CC(=O)O[C@H]1C(=O)[C@@]2(C)[C@H]([C@H](OC(=O)c3ccccc3)[C@]3(O)C[C@H](OC(=O)[C@H](O)[C@@H](NC(=O)c4ccccc4)c4ccccc4)C(C)=C1C3(C)C)[C@]1(OC(C)=O)CO[C@@H]1C[C@@H]2O.CC[C@]1(O)C[C@H]2CN(CCc3c([nH]c4ccccc34)[C@@](C(=O)OC)(c3cc4c(cc3OC)N(C)[C@H]3[C@@](O)(C(N)=O)[C@H](O)[C@]5(CC)C=CCN6CC[C@]43[C@@H]65)C2)C1. The van der Waals surface area contributed by atoms with E-state index in [2.05, 4.69) is 32.2 Å². The fourth-order valence-corrected chi connectivity index (χ4v) is 23.2. The number of aliphatic hydroxyl groups excluding tert-OH is 3. The van der Waals surface area contributed by atoms with E-state index in [0.717, 1.165) is 60.3 Å². The maximum absolute atomic E-state index is 15.5. The molecule has 10 N–H and O–H groups in total. The highest BCUT2D eigenvalue weighted by molar-refractivity contribution is 5.98. The number of para-hydroxylation sites is 1. The van der Waals surface area contributed by atoms with Crippen molar-refractivity contribution < 1.29 is 102 Å². The summed E-state index contributed by atoms with van der Waals surface area (Å²) < 4.78 is 42.5. The quantitative estimate of drug-likeness (QED) is 0.0285. The standard InChI is InChI=1S/C47H51NO14.C43H55N5O7/c1-25-31(60-43(56)36(52)35(28-16-10-7-11-17-28)48-41(54)29-18-12-8-13-19-29)23-47(57)40(61-42(55)30-20-14-9-15-21-30)38-45(6,32(51)22-33-46(38,24-58-33)62-27(3)50)39(53)37(59-26(2)49)34(25)44(47,4)5;1-6-39(52)21-25-22-42(38(51)55-5,33-27(13-17-47(23-25)24-39)26-11-8-9-12-30(26)45-33)29-19-28-31(20-32(29)54-4)46(3)35-41(28)15-18-48-16-10-14-40(7-2,34(41)48)36(49)43(35,53)37(44)50/h7-21,31-33,35-38,40,51-52,57H,22-24H2,1-6H3,(H,48,54);8-12,14,19-20,25,34-36,45,49,52-53H,6-7,13,15-18,21-24H2,1-5H3,(H2,44,50)/t31-,32-,33+,35-,36+,37+,38-,40-,45+,46-,47+;25-,34+,35-,36-,39+,40-,41-,42+,43+/m01/s1. The fourth-order valence-electron chi connectivity index (χ4n) is 23.2. The van der Waals surface area contributed by atoms with E-state index in [1.165, 1.54) is 33.1 Å². The molecule has 5 aromatic carbocycles. The lowest BCUT2D eigenvalue weighted by molar-refractivity contribution is -0.346. The number of nitrogens with zero attached hydrogens (tertiary/aromatic N) is 3. The van der Waals surface area contributed by atoms with E-state index in [0.29, 0.717) is 75.0 Å². The van der Waals surface area contributed by atoms with E-state index >= 15 is 9.59 Å². The predicted octanol–water partition coefficient (Wildman–Crippen LogP) is 6.47. The summed E-state index contributed by atoms with van der Waals surface area (Å²) in [7, 11) is 4.89. The molecule has 4 bridgehead atoms. The van der Waals surface area contributed by atoms with Crippen molar-refractivity contribution in [3.05, 3.63) is 190 Å². The molecule has 117 heavy (non-hydrogen) atoms. The summed E-state index contributed by atoms with van der Waals surface area (Å²) in [6, 6.07) is 34.0. The number of ketones is 1. The second-order valence-corrected chi connectivity index (χ2v) is 34.8. The number of primary amides is 1. The van der Waals surface area contributed by atoms with Gasteiger partial charge in [-0.2, -0.15) is 0 Å². The molecule has 10 aliphatic rings. The number of hydrogen-bond donors (Lipinski definition) is 9. The summed E-state index contributed by atoms with van der Waals surface area (Å²) in [5.74, 6) is -7.84. The van der Waals surface area contributed by atoms with Crippen molar-refractivity contribution in [3.8, 4) is 5.75 Å². The number of anilines is 1. The third kappa shape index (κ3) is 12.4. The molecule has 7 heterocycles. The topological polar surface area (TPSA) is 386 Å². The van der Waals surface area contributed by atoms with Gasteiger partial charge in [-0.05, 0) is 129 Å². The van der Waals surface area contributed by atoms with Crippen LogP contribution in [0.4, 0.5) is 5.69 Å². The molecule has 3 saturated carbocycles. The number of aromatic amines is 1. The van der Waals surface area contributed by atoms with E-state index in [4.69, 9.17) is 38.9 Å². The summed E-state index contributed by atoms with van der Waals surface area (Å²) in [6.07, 6.45) is -4.73. The summed E-state index contributed by atoms with van der Waals surface area (Å²) in [5.41, 5.74) is -2.29. The van der Waals surface area contributed by atoms with Gasteiger partial charge in [0.25, 0.3) is 11.8 Å². The van der Waals surface area contributed by atoms with Crippen molar-refractivity contribution in [1.29, 1.82) is 0 Å². The Morgan fingerprint density at radius 1 is 0.786 bits per heavy atom. The predicted molar refractivity (Wildman–Crippen MR) is 426 cm³/mol. The number of aromatic nitrogens is 1. The lowest BCUT2D eigenvalue weighted by Crippen LogP contribution is -2.82. The van der Waals surface area contributed by atoms with E-state index in [9.17, 15) is 59.4 Å². The first kappa shape index (κ1) is 82.4. The molecule has 3 saturated heterocycles. The van der Waals surface area contributed by atoms with Crippen LogP contribution in [-0.4, -0.2) is 231 Å². The van der Waals surface area contributed by atoms with Crippen molar-refractivity contribution in [3.63, 3.8) is 0 Å². The van der Waals surface area contributed by atoms with Gasteiger partial charge in [0.15, 0.2) is 29.2 Å². The van der Waals surface area contributed by atoms with Crippen LogP contribution in [-0.2, 0) is 74.4 Å². The number of rotatable bonds is 16. The lowest BCUT2D eigenvalue weighted by atomic mass is 9.44. The maximum Gasteiger partial charge on any atom is 0.338 e. The van der Waals surface area contributed by atoms with E-state index < -0.39 is 164 Å². The highest BCUT2D eigenvalue weighted by Crippen LogP contribution is 2.69. The Bertz CT molecular complexity index is 5020. The van der Waals surface area contributed by atoms with Crippen LogP contribution in [0.25, 0.3) is 10.9 Å². The normalized spacial score (nSPS) is 35.2. The zero-order valence-electron chi connectivity index (χ0n) is 67.8. The average Bonchev–Trinajstić information content (AvgIpc) is 1.47. The van der Waals surface area contributed by atoms with E-state index in [-0.39, 0.29) is 47.3 Å². The number of amides is 2. The minimum atomic E-state index is -2.39. The van der Waals surface area contributed by atoms with Gasteiger partial charge in [-0.15, -0.1) is 0 Å². The second kappa shape index (κ2) is 30.0. The molecular weight excluding hydrogens is 1500 g/mol. The van der Waals surface area contributed by atoms with Gasteiger partial charge in [0.1, 0.15) is 41.2 Å². The molecule has 6 aromatic rings. The van der Waals surface area contributed by atoms with Crippen LogP contribution in [0.1, 0.15) is 155 Å². The first-order valence-electron chi connectivity index (χ1n) is 40.5. The zero-order valence-corrected chi connectivity index (χ0v) is 67.8. The molecule has 16 rings (SSSR count). The summed E-state index contributed by atoms with van der Waals surface area (Å²) in [4.78, 5) is 123. The van der Waals surface area contributed by atoms with Crippen LogP contribution >= 0.6 is 0 Å². The highest BCUT2D eigenvalue weighted by atomic mass is 16.6. The molecule has 0 radical (unpaired) electrons. The van der Waals surface area contributed by atoms with Crippen LogP contribution in [0.3, 0.4) is 0 Å². The van der Waals surface area contributed by atoms with Gasteiger partial charge in [0, 0.05) is 122 Å². The number of methoxy groups -OCH3 is 2. The molecule has 6 aliphatic heterocycles. The number of H-pyrrole nitrogens is 1. The number of nitrogens with one attached hydrogen (secondary N) is 2. The Morgan fingerprint density at radius 3 is 2.08 bits per heavy atom. The van der Waals surface area contributed by atoms with Crippen molar-refractivity contribution in [2.45, 2.75) is 201 Å². The first-order valence-corrected chi connectivity index (χ1v) is 40.5. The van der Waals surface area contributed by atoms with Crippen LogP contribution in [0.5, 0.6) is 5.75 Å². The minimum absolute atomic E-state index is 0.00289. The molecule has 27 heteroatoms. The largest absolute Gasteiger partial charge is 0.496 e. The summed E-state index contributed by atoms with van der Waals surface area (Å²) in [6.45, 7) is 15.4. The third-order valence-corrected chi connectivity index (χ3v) is 28.7. The van der Waals surface area contributed by atoms with Crippen LogP contribution < -0.4 is 20.7 Å². The zero-order chi connectivity index (χ0) is 83.8. The average molecular weight is 1610 g/mol. The number of nitrogens with two attached hydrogens (primary N) is 1. The number of aliphatic hydroxyl groups is 6. The smallest absolute Gasteiger partial charge is 0.338 e. The Labute approximate surface area is 678 Å². The monoisotopic (exact) mass is 1610 g/mol. The molecule has 6 fully saturated rings. The Morgan fingerprint density at radius 2 is 1.45 bits per heavy atom. The van der Waals surface area contributed by atoms with Crippen molar-refractivity contribution in [2.24, 2.45) is 33.8 Å². The van der Waals surface area contributed by atoms with Crippen molar-refractivity contribution in [1.82, 2.24) is 20.1 Å². The van der Waals surface area contributed by atoms with Gasteiger partial charge in [-0.3, -0.25) is 38.6 Å². The number of ether oxygens (including phenoxy) is 7. The van der Waals surface area contributed by atoms with Crippen LogP contribution in [0, 0.1) is 28.1 Å². The van der Waals surface area contributed by atoms with Gasteiger partial charge in [-0.25, -0.2) is 9.59 Å². The second-order valence-electron chi connectivity index (χ2n) is 34.8.